The number of hydrogen-bond acceptors (Lipinski definition) is 1. The number of likely N-dealkylation sites (tertiary alicyclic amines) is 1. The molecule has 0 radical (unpaired) electrons. The average Bonchev–Trinajstić information content (AvgIpc) is 3.14. The predicted octanol–water partition coefficient (Wildman–Crippen LogP) is 6.70. The van der Waals surface area contributed by atoms with E-state index in [1.54, 1.807) is 6.92 Å². The first kappa shape index (κ1) is 29.5. The molecule has 0 aromatic rings. The second kappa shape index (κ2) is 12.1. The zero-order valence-electron chi connectivity index (χ0n) is 19.3. The number of nitrogens with zero attached hydrogens (tertiary/aromatic N) is 2. The molecular formula is C23H44N2SiTi. The van der Waals surface area contributed by atoms with Gasteiger partial charge in [0.1, 0.15) is 0 Å². The van der Waals surface area contributed by atoms with Crippen LogP contribution in [0.15, 0.2) is 24.3 Å². The second-order valence-corrected chi connectivity index (χ2v) is 13.3. The molecule has 3 rings (SSSR count). The van der Waals surface area contributed by atoms with Gasteiger partial charge in [-0.3, -0.25) is 4.90 Å². The van der Waals surface area contributed by atoms with Gasteiger partial charge in [0.2, 0.25) is 0 Å². The maximum atomic E-state index is 5.34. The fraction of sp³-hybridized carbons (Fsp3) is 0.696. The summed E-state index contributed by atoms with van der Waals surface area (Å²) < 4.78 is 0. The molecule has 0 aromatic carbocycles. The van der Waals surface area contributed by atoms with Crippen LogP contribution in [-0.4, -0.2) is 37.8 Å². The van der Waals surface area contributed by atoms with Gasteiger partial charge in [-0.15, -0.1) is 5.54 Å². The zero-order chi connectivity index (χ0) is 18.0. The fourth-order valence-corrected chi connectivity index (χ4v) is 9.16. The van der Waals surface area contributed by atoms with E-state index in [1.807, 2.05) is 0 Å². The van der Waals surface area contributed by atoms with Crippen molar-refractivity contribution in [2.45, 2.75) is 77.2 Å². The van der Waals surface area contributed by atoms with Gasteiger partial charge in [-0.05, 0) is 44.2 Å². The first-order valence-electron chi connectivity index (χ1n) is 9.82. The second-order valence-electron chi connectivity index (χ2n) is 9.01. The Morgan fingerprint density at radius 2 is 1.44 bits per heavy atom. The van der Waals surface area contributed by atoms with Crippen LogP contribution >= 0.6 is 0 Å². The van der Waals surface area contributed by atoms with Crippen LogP contribution in [0.1, 0.15) is 47.0 Å². The van der Waals surface area contributed by atoms with Gasteiger partial charge in [-0.1, -0.05) is 71.9 Å². The van der Waals surface area contributed by atoms with Gasteiger partial charge in [0.25, 0.3) is 0 Å². The molecule has 4 unspecified atom stereocenters. The van der Waals surface area contributed by atoms with E-state index in [1.165, 1.54) is 32.4 Å². The summed E-state index contributed by atoms with van der Waals surface area (Å²) >= 11 is 0. The molecule has 27 heavy (non-hydrogen) atoms. The van der Waals surface area contributed by atoms with Crippen molar-refractivity contribution in [2.24, 2.45) is 11.8 Å². The van der Waals surface area contributed by atoms with E-state index in [9.17, 15) is 0 Å². The molecule has 2 aliphatic carbocycles. The first-order chi connectivity index (χ1) is 11.3. The van der Waals surface area contributed by atoms with E-state index in [4.69, 9.17) is 4.98 Å². The van der Waals surface area contributed by atoms with E-state index in [0.29, 0.717) is 0 Å². The maximum Gasteiger partial charge on any atom is 4.00 e. The van der Waals surface area contributed by atoms with Crippen LogP contribution in [0.5, 0.6) is 0 Å². The number of allylic oxidation sites excluding steroid dienone is 3. The largest absolute Gasteiger partial charge is 4.00 e. The molecule has 0 amide bonds. The molecule has 4 atom stereocenters. The molecule has 0 spiro atoms. The predicted molar refractivity (Wildman–Crippen MR) is 123 cm³/mol. The molecule has 0 aromatic heterocycles. The third-order valence-corrected chi connectivity index (χ3v) is 9.45. The van der Waals surface area contributed by atoms with Crippen molar-refractivity contribution >= 4 is 8.24 Å². The van der Waals surface area contributed by atoms with Crippen LogP contribution in [0.4, 0.5) is 0 Å². The Labute approximate surface area is 187 Å². The van der Waals surface area contributed by atoms with Crippen molar-refractivity contribution in [2.75, 3.05) is 13.1 Å². The molecule has 1 aliphatic heterocycles. The van der Waals surface area contributed by atoms with Crippen LogP contribution in [0.25, 0.3) is 4.98 Å². The number of rotatable bonds is 3. The van der Waals surface area contributed by atoms with Crippen molar-refractivity contribution in [1.82, 2.24) is 4.90 Å². The normalized spacial score (nSPS) is 29.6. The Bertz CT molecular complexity index is 461. The number of fused-ring (bicyclic) bond motifs is 1. The minimum Gasteiger partial charge on any atom is -0.660 e. The molecule has 1 heterocycles. The molecule has 0 N–H and O–H groups in total. The van der Waals surface area contributed by atoms with Gasteiger partial charge in [0.15, 0.2) is 0 Å². The summed E-state index contributed by atoms with van der Waals surface area (Å²) in [5.41, 5.74) is 0.897. The first-order valence-corrected chi connectivity index (χ1v) is 12.8. The van der Waals surface area contributed by atoms with Crippen LogP contribution in [0.2, 0.25) is 18.6 Å². The van der Waals surface area contributed by atoms with Gasteiger partial charge in [0.05, 0.1) is 0 Å². The van der Waals surface area contributed by atoms with Gasteiger partial charge in [0, 0.05) is 6.04 Å². The minimum absolute atomic E-state index is 0. The van der Waals surface area contributed by atoms with Crippen molar-refractivity contribution in [1.29, 1.82) is 0 Å². The molecule has 0 bridgehead atoms. The van der Waals surface area contributed by atoms with Crippen LogP contribution < -0.4 is 0 Å². The summed E-state index contributed by atoms with van der Waals surface area (Å²) in [6.07, 6.45) is 13.7. The Kier molecular flexibility index (Phi) is 13.3. The van der Waals surface area contributed by atoms with Crippen LogP contribution in [0, 0.1) is 33.6 Å². The monoisotopic (exact) mass is 424 g/mol. The summed E-state index contributed by atoms with van der Waals surface area (Å²) in [7, 11) is -1.59. The van der Waals surface area contributed by atoms with E-state index in [2.05, 4.69) is 70.0 Å². The van der Waals surface area contributed by atoms with Gasteiger partial charge >= 0.3 is 21.7 Å². The molecule has 2 fully saturated rings. The quantitative estimate of drug-likeness (QED) is 0.364. The minimum atomic E-state index is -1.59. The molecule has 1 saturated carbocycles. The van der Waals surface area contributed by atoms with Crippen molar-refractivity contribution in [3.05, 3.63) is 51.1 Å². The SMILES string of the molecule is CC(C)(C)[N-][Si](C)(C)C1CC(N2CCCC2)C2C=CC=CC21.[CH2-]C.[CH3-].[CH3-].[Ti+4]. The van der Waals surface area contributed by atoms with Gasteiger partial charge in [-0.25, -0.2) is 0 Å². The smallest absolute Gasteiger partial charge is 0.660 e. The van der Waals surface area contributed by atoms with Crippen LogP contribution in [-0.2, 0) is 21.7 Å². The third kappa shape index (κ3) is 7.26. The maximum absolute atomic E-state index is 5.34. The Morgan fingerprint density at radius 3 is 1.93 bits per heavy atom. The molecule has 4 heteroatoms. The fourth-order valence-electron chi connectivity index (χ4n) is 5.18. The molecule has 154 valence electrons. The summed E-state index contributed by atoms with van der Waals surface area (Å²) in [4.78, 5) is 8.12. The standard InChI is InChI=1S/C19H33N2Si.C2H5.2CH3.Ti/c1-19(2,3)20-22(4,5)18-14-17(21-12-8-9-13-21)15-10-6-7-11-16(15)18;1-2;;;/h6-7,10-11,15-18H,8-9,12-14H2,1-5H3;1H2,2H3;2*1H3;/q4*-1;+4. The Morgan fingerprint density at radius 1 is 0.963 bits per heavy atom. The van der Waals surface area contributed by atoms with Crippen LogP contribution in [0.3, 0.4) is 0 Å². The topological polar surface area (TPSA) is 17.3 Å². The molecule has 2 nitrogen and oxygen atoms in total. The van der Waals surface area contributed by atoms with E-state index in [-0.39, 0.29) is 42.1 Å². The van der Waals surface area contributed by atoms with E-state index >= 15 is 0 Å². The zero-order valence-corrected chi connectivity index (χ0v) is 21.8. The average molecular weight is 425 g/mol. The molecule has 1 saturated heterocycles. The molecule has 3 aliphatic rings. The summed E-state index contributed by atoms with van der Waals surface area (Å²) in [5.74, 6) is 1.46. The number of hydrogen-bond donors (Lipinski definition) is 0. The van der Waals surface area contributed by atoms with Crippen molar-refractivity contribution in [3.63, 3.8) is 0 Å². The van der Waals surface area contributed by atoms with E-state index in [0.717, 1.165) is 23.4 Å². The Hall–Kier alpha value is 0.331. The van der Waals surface area contributed by atoms with E-state index < -0.39 is 8.24 Å². The summed E-state index contributed by atoms with van der Waals surface area (Å²) in [6, 6.07) is 0.764. The third-order valence-electron chi connectivity index (χ3n) is 5.77. The molecular weight excluding hydrogens is 380 g/mol. The van der Waals surface area contributed by atoms with Crippen molar-refractivity contribution in [3.8, 4) is 0 Å². The Balaban J connectivity index is 0. The van der Waals surface area contributed by atoms with Crippen molar-refractivity contribution < 1.29 is 21.7 Å². The summed E-state index contributed by atoms with van der Waals surface area (Å²) in [6.45, 7) is 19.4. The van der Waals surface area contributed by atoms with Gasteiger partial charge < -0.3 is 26.8 Å². The van der Waals surface area contributed by atoms with Gasteiger partial charge in [-0.2, -0.15) is 6.92 Å². The summed E-state index contributed by atoms with van der Waals surface area (Å²) in [5, 5.41) is 0.